The van der Waals surface area contributed by atoms with Gasteiger partial charge in [-0.05, 0) is 57.9 Å². The van der Waals surface area contributed by atoms with E-state index in [-0.39, 0.29) is 30.6 Å². The van der Waals surface area contributed by atoms with Gasteiger partial charge in [0.2, 0.25) is 0 Å². The van der Waals surface area contributed by atoms with Gasteiger partial charge in [0, 0.05) is 12.7 Å². The number of aromatic nitrogens is 2. The molecule has 0 unspecified atom stereocenters. The van der Waals surface area contributed by atoms with E-state index in [9.17, 15) is 9.18 Å². The fourth-order valence-electron chi connectivity index (χ4n) is 2.36. The SMILES string of the molecule is N#CCOc1cccc(CNC(=O)c2nn(-c3ccc(F)cc3)cc2Br)c1. The van der Waals surface area contributed by atoms with E-state index in [4.69, 9.17) is 10.00 Å². The van der Waals surface area contributed by atoms with Crippen LogP contribution in [0.25, 0.3) is 5.69 Å². The van der Waals surface area contributed by atoms with Crippen molar-refractivity contribution in [2.45, 2.75) is 6.54 Å². The van der Waals surface area contributed by atoms with Gasteiger partial charge in [-0.25, -0.2) is 9.07 Å². The summed E-state index contributed by atoms with van der Waals surface area (Å²) in [6, 6.07) is 14.8. The molecule has 0 spiro atoms. The maximum atomic E-state index is 13.0. The first-order valence-electron chi connectivity index (χ1n) is 7.95. The van der Waals surface area contributed by atoms with E-state index in [0.29, 0.717) is 15.9 Å². The molecular weight excluding hydrogens is 415 g/mol. The number of nitriles is 1. The second-order valence-corrected chi connectivity index (χ2v) is 6.38. The second kappa shape index (κ2) is 8.47. The van der Waals surface area contributed by atoms with Gasteiger partial charge in [-0.2, -0.15) is 10.4 Å². The Bertz CT molecular complexity index is 996. The minimum absolute atomic E-state index is 0.0381. The predicted molar refractivity (Wildman–Crippen MR) is 99.9 cm³/mol. The van der Waals surface area contributed by atoms with Gasteiger partial charge in [0.25, 0.3) is 5.91 Å². The van der Waals surface area contributed by atoms with E-state index in [1.54, 1.807) is 36.5 Å². The Kier molecular flexibility index (Phi) is 5.84. The molecule has 1 amide bonds. The highest BCUT2D eigenvalue weighted by atomic mass is 79.9. The zero-order chi connectivity index (χ0) is 19.2. The topological polar surface area (TPSA) is 79.9 Å². The molecule has 0 aliphatic heterocycles. The highest BCUT2D eigenvalue weighted by Gasteiger charge is 2.16. The first kappa shape index (κ1) is 18.6. The number of hydrogen-bond acceptors (Lipinski definition) is 4. The van der Waals surface area contributed by atoms with Crippen LogP contribution in [0.2, 0.25) is 0 Å². The highest BCUT2D eigenvalue weighted by Crippen LogP contribution is 2.19. The Morgan fingerprint density at radius 1 is 1.30 bits per heavy atom. The molecule has 1 N–H and O–H groups in total. The lowest BCUT2D eigenvalue weighted by Crippen LogP contribution is -2.23. The van der Waals surface area contributed by atoms with Crippen LogP contribution in [-0.2, 0) is 6.54 Å². The van der Waals surface area contributed by atoms with Crippen LogP contribution >= 0.6 is 15.9 Å². The largest absolute Gasteiger partial charge is 0.479 e. The summed E-state index contributed by atoms with van der Waals surface area (Å²) in [6.07, 6.45) is 1.64. The van der Waals surface area contributed by atoms with Gasteiger partial charge in [-0.3, -0.25) is 4.79 Å². The van der Waals surface area contributed by atoms with Gasteiger partial charge in [-0.15, -0.1) is 0 Å². The minimum atomic E-state index is -0.355. The molecule has 0 atom stereocenters. The molecule has 8 heteroatoms. The van der Waals surface area contributed by atoms with Crippen molar-refractivity contribution in [3.05, 3.63) is 76.3 Å². The molecule has 2 aromatic carbocycles. The Morgan fingerprint density at radius 3 is 2.81 bits per heavy atom. The normalized spacial score (nSPS) is 10.3. The van der Waals surface area contributed by atoms with E-state index < -0.39 is 0 Å². The highest BCUT2D eigenvalue weighted by molar-refractivity contribution is 9.10. The van der Waals surface area contributed by atoms with Crippen LogP contribution in [0.3, 0.4) is 0 Å². The second-order valence-electron chi connectivity index (χ2n) is 5.52. The third-order valence-corrected chi connectivity index (χ3v) is 4.21. The molecule has 0 saturated heterocycles. The predicted octanol–water partition coefficient (Wildman–Crippen LogP) is 3.61. The number of carbonyl (C=O) groups excluding carboxylic acids is 1. The van der Waals surface area contributed by atoms with Gasteiger partial charge in [0.05, 0.1) is 10.2 Å². The molecule has 6 nitrogen and oxygen atoms in total. The van der Waals surface area contributed by atoms with Crippen molar-refractivity contribution in [2.75, 3.05) is 6.61 Å². The molecule has 136 valence electrons. The average molecular weight is 429 g/mol. The van der Waals surface area contributed by atoms with E-state index in [0.717, 1.165) is 5.56 Å². The van der Waals surface area contributed by atoms with E-state index in [1.165, 1.54) is 16.8 Å². The number of carbonyl (C=O) groups is 1. The van der Waals surface area contributed by atoms with Crippen molar-refractivity contribution in [3.63, 3.8) is 0 Å². The summed E-state index contributed by atoms with van der Waals surface area (Å²) in [5, 5.41) is 15.6. The van der Waals surface area contributed by atoms with Gasteiger partial charge >= 0.3 is 0 Å². The molecule has 0 aliphatic carbocycles. The maximum Gasteiger partial charge on any atom is 0.273 e. The molecule has 1 heterocycles. The van der Waals surface area contributed by atoms with Crippen molar-refractivity contribution in [3.8, 4) is 17.5 Å². The quantitative estimate of drug-likeness (QED) is 0.650. The fraction of sp³-hybridized carbons (Fsp3) is 0.105. The summed E-state index contributed by atoms with van der Waals surface area (Å²) in [5.74, 6) is -0.139. The van der Waals surface area contributed by atoms with Crippen molar-refractivity contribution in [1.82, 2.24) is 15.1 Å². The number of ether oxygens (including phenoxy) is 1. The van der Waals surface area contributed by atoms with Gasteiger partial charge in [-0.1, -0.05) is 12.1 Å². The molecule has 0 fully saturated rings. The van der Waals surface area contributed by atoms with Crippen LogP contribution < -0.4 is 10.1 Å². The average Bonchev–Trinajstić information content (AvgIpc) is 3.07. The van der Waals surface area contributed by atoms with E-state index >= 15 is 0 Å². The van der Waals surface area contributed by atoms with Crippen molar-refractivity contribution in [2.24, 2.45) is 0 Å². The van der Waals surface area contributed by atoms with Crippen molar-refractivity contribution < 1.29 is 13.9 Å². The van der Waals surface area contributed by atoms with Crippen LogP contribution in [0.1, 0.15) is 16.1 Å². The molecule has 0 aliphatic rings. The smallest absolute Gasteiger partial charge is 0.273 e. The number of benzene rings is 2. The van der Waals surface area contributed by atoms with Crippen molar-refractivity contribution in [1.29, 1.82) is 5.26 Å². The lowest BCUT2D eigenvalue weighted by molar-refractivity contribution is 0.0944. The zero-order valence-corrected chi connectivity index (χ0v) is 15.6. The Morgan fingerprint density at radius 2 is 2.07 bits per heavy atom. The van der Waals surface area contributed by atoms with Crippen molar-refractivity contribution >= 4 is 21.8 Å². The number of halogens is 2. The maximum absolute atomic E-state index is 13.0. The summed E-state index contributed by atoms with van der Waals surface area (Å²) >= 11 is 3.33. The number of rotatable bonds is 6. The summed E-state index contributed by atoms with van der Waals surface area (Å²) in [5.41, 5.74) is 1.68. The number of amides is 1. The standard InChI is InChI=1S/C19H14BrFN4O2/c20-17-12-25(15-6-4-14(21)5-7-15)24-18(17)19(26)23-11-13-2-1-3-16(10-13)27-9-8-22/h1-7,10,12H,9,11H2,(H,23,26). The van der Waals surface area contributed by atoms with Crippen LogP contribution in [0, 0.1) is 17.1 Å². The molecular formula is C19H14BrFN4O2. The van der Waals surface area contributed by atoms with Crippen LogP contribution in [0.5, 0.6) is 5.75 Å². The molecule has 0 saturated carbocycles. The Labute approximate surface area is 163 Å². The van der Waals surface area contributed by atoms with Crippen LogP contribution in [0.4, 0.5) is 4.39 Å². The molecule has 1 aromatic heterocycles. The fourth-order valence-corrected chi connectivity index (χ4v) is 2.81. The molecule has 3 rings (SSSR count). The lowest BCUT2D eigenvalue weighted by atomic mass is 10.2. The van der Waals surface area contributed by atoms with Gasteiger partial charge < -0.3 is 10.1 Å². The van der Waals surface area contributed by atoms with Crippen LogP contribution in [-0.4, -0.2) is 22.3 Å². The lowest BCUT2D eigenvalue weighted by Gasteiger charge is -2.07. The van der Waals surface area contributed by atoms with Crippen LogP contribution in [0.15, 0.2) is 59.2 Å². The summed E-state index contributed by atoms with van der Waals surface area (Å²) in [4.78, 5) is 12.4. The third-order valence-electron chi connectivity index (χ3n) is 3.63. The first-order valence-corrected chi connectivity index (χ1v) is 8.74. The third kappa shape index (κ3) is 4.71. The number of nitrogens with zero attached hydrogens (tertiary/aromatic N) is 3. The molecule has 0 radical (unpaired) electrons. The van der Waals surface area contributed by atoms with Gasteiger partial charge in [0.1, 0.15) is 17.6 Å². The molecule has 3 aromatic rings. The first-order chi connectivity index (χ1) is 13.1. The number of nitrogens with one attached hydrogen (secondary N) is 1. The monoisotopic (exact) mass is 428 g/mol. The Hall–Kier alpha value is -3.18. The van der Waals surface area contributed by atoms with Gasteiger partial charge in [0.15, 0.2) is 12.3 Å². The molecule has 27 heavy (non-hydrogen) atoms. The summed E-state index contributed by atoms with van der Waals surface area (Å²) < 4.78 is 20.3. The number of hydrogen-bond donors (Lipinski definition) is 1. The Balaban J connectivity index is 1.68. The molecule has 0 bridgehead atoms. The van der Waals surface area contributed by atoms with E-state index in [1.807, 2.05) is 12.1 Å². The van der Waals surface area contributed by atoms with E-state index in [2.05, 4.69) is 26.3 Å². The minimum Gasteiger partial charge on any atom is -0.479 e. The summed E-state index contributed by atoms with van der Waals surface area (Å²) in [6.45, 7) is 0.238. The zero-order valence-electron chi connectivity index (χ0n) is 14.0. The summed E-state index contributed by atoms with van der Waals surface area (Å²) in [7, 11) is 0.